The summed E-state index contributed by atoms with van der Waals surface area (Å²) in [6.45, 7) is 0.535. The zero-order valence-electron chi connectivity index (χ0n) is 17.4. The average molecular weight is 472 g/mol. The summed E-state index contributed by atoms with van der Waals surface area (Å²) in [5.74, 6) is -0.385. The molecule has 1 fully saturated rings. The van der Waals surface area contributed by atoms with E-state index in [9.17, 15) is 26.4 Å². The standard InChI is InChI=1S/C21H24F3N3O4S/c1-31-18-9-8-17(13-19(18)32(29,30)27-10-3-2-4-11-27)26-20(28)14-25-16-7-5-6-15(12-16)21(22,23)24/h5-9,12-13,25H,2-4,10-11,14H2,1H3,(H,26,28). The van der Waals surface area contributed by atoms with Crippen molar-refractivity contribution in [3.63, 3.8) is 0 Å². The van der Waals surface area contributed by atoms with E-state index in [1.807, 2.05) is 0 Å². The molecule has 0 bridgehead atoms. The van der Waals surface area contributed by atoms with Crippen LogP contribution in [-0.4, -0.2) is 45.4 Å². The molecular weight excluding hydrogens is 447 g/mol. The molecule has 0 saturated carbocycles. The molecule has 0 aromatic heterocycles. The Morgan fingerprint density at radius 1 is 1.06 bits per heavy atom. The SMILES string of the molecule is COc1ccc(NC(=O)CNc2cccc(C(F)(F)F)c2)cc1S(=O)(=O)N1CCCCC1. The summed E-state index contributed by atoms with van der Waals surface area (Å²) in [6.07, 6.45) is -1.96. The van der Waals surface area contributed by atoms with Crippen LogP contribution in [0.4, 0.5) is 24.5 Å². The third-order valence-electron chi connectivity index (χ3n) is 5.02. The number of hydrogen-bond donors (Lipinski definition) is 2. The Morgan fingerprint density at radius 3 is 2.44 bits per heavy atom. The van der Waals surface area contributed by atoms with Gasteiger partial charge in [0.15, 0.2) is 0 Å². The number of sulfonamides is 1. The van der Waals surface area contributed by atoms with E-state index in [1.54, 1.807) is 0 Å². The maximum atomic E-state index is 13.1. The first kappa shape index (κ1) is 23.9. The van der Waals surface area contributed by atoms with Gasteiger partial charge in [-0.3, -0.25) is 4.79 Å². The van der Waals surface area contributed by atoms with Gasteiger partial charge in [0.05, 0.1) is 19.2 Å². The molecule has 3 rings (SSSR count). The Hall–Kier alpha value is -2.79. The van der Waals surface area contributed by atoms with Crippen LogP contribution in [0.15, 0.2) is 47.4 Å². The number of benzene rings is 2. The summed E-state index contributed by atoms with van der Waals surface area (Å²) in [5.41, 5.74) is -0.457. The Balaban J connectivity index is 1.71. The van der Waals surface area contributed by atoms with E-state index in [-0.39, 0.29) is 28.6 Å². The summed E-state index contributed by atoms with van der Waals surface area (Å²) in [6, 6.07) is 8.77. The number of amides is 1. The maximum Gasteiger partial charge on any atom is 0.416 e. The third-order valence-corrected chi connectivity index (χ3v) is 6.94. The second kappa shape index (κ2) is 9.78. The van der Waals surface area contributed by atoms with E-state index in [0.29, 0.717) is 13.1 Å². The lowest BCUT2D eigenvalue weighted by atomic mass is 10.2. The third kappa shape index (κ3) is 5.71. The lowest BCUT2D eigenvalue weighted by Gasteiger charge is -2.26. The zero-order valence-corrected chi connectivity index (χ0v) is 18.2. The van der Waals surface area contributed by atoms with Gasteiger partial charge >= 0.3 is 6.18 Å². The predicted molar refractivity (Wildman–Crippen MR) is 114 cm³/mol. The number of anilines is 2. The molecule has 11 heteroatoms. The van der Waals surface area contributed by atoms with Crippen molar-refractivity contribution >= 4 is 27.3 Å². The summed E-state index contributed by atoms with van der Waals surface area (Å²) >= 11 is 0. The highest BCUT2D eigenvalue weighted by atomic mass is 32.2. The van der Waals surface area contributed by atoms with Crippen LogP contribution in [0, 0.1) is 0 Å². The van der Waals surface area contributed by atoms with E-state index in [4.69, 9.17) is 4.74 Å². The number of hydrogen-bond acceptors (Lipinski definition) is 5. The topological polar surface area (TPSA) is 87.7 Å². The molecule has 0 radical (unpaired) electrons. The van der Waals surface area contributed by atoms with Gasteiger partial charge in [0.2, 0.25) is 15.9 Å². The Labute approximate surface area is 184 Å². The van der Waals surface area contributed by atoms with Crippen LogP contribution >= 0.6 is 0 Å². The maximum absolute atomic E-state index is 13.1. The molecule has 2 aromatic rings. The first-order valence-corrected chi connectivity index (χ1v) is 11.4. The number of nitrogens with one attached hydrogen (secondary N) is 2. The van der Waals surface area contributed by atoms with Crippen molar-refractivity contribution in [3.05, 3.63) is 48.0 Å². The van der Waals surface area contributed by atoms with E-state index in [1.165, 1.54) is 41.7 Å². The summed E-state index contributed by atoms with van der Waals surface area (Å²) in [5, 5.41) is 5.19. The van der Waals surface area contributed by atoms with Gasteiger partial charge in [-0.25, -0.2) is 8.42 Å². The first-order valence-electron chi connectivity index (χ1n) is 10.0. The van der Waals surface area contributed by atoms with Crippen LogP contribution in [0.5, 0.6) is 5.75 Å². The number of nitrogens with zero attached hydrogens (tertiary/aromatic N) is 1. The van der Waals surface area contributed by atoms with Crippen molar-refractivity contribution in [2.24, 2.45) is 0 Å². The number of carbonyl (C=O) groups excluding carboxylic acids is 1. The lowest BCUT2D eigenvalue weighted by Crippen LogP contribution is -2.35. The number of halogens is 3. The van der Waals surface area contributed by atoms with Crippen LogP contribution in [0.2, 0.25) is 0 Å². The number of carbonyl (C=O) groups is 1. The normalized spacial score (nSPS) is 15.2. The number of piperidine rings is 1. The molecule has 174 valence electrons. The second-order valence-electron chi connectivity index (χ2n) is 7.31. The Kier molecular flexibility index (Phi) is 7.29. The molecule has 2 N–H and O–H groups in total. The van der Waals surface area contributed by atoms with Gasteiger partial charge in [0, 0.05) is 24.5 Å². The van der Waals surface area contributed by atoms with E-state index >= 15 is 0 Å². The second-order valence-corrected chi connectivity index (χ2v) is 9.22. The molecule has 0 unspecified atom stereocenters. The predicted octanol–water partition coefficient (Wildman–Crippen LogP) is 3.94. The van der Waals surface area contributed by atoms with Gasteiger partial charge < -0.3 is 15.4 Å². The Morgan fingerprint density at radius 2 is 1.78 bits per heavy atom. The summed E-state index contributed by atoms with van der Waals surface area (Å²) in [7, 11) is -2.44. The van der Waals surface area contributed by atoms with E-state index in [0.717, 1.165) is 31.4 Å². The molecule has 7 nitrogen and oxygen atoms in total. The van der Waals surface area contributed by atoms with Crippen LogP contribution in [-0.2, 0) is 21.0 Å². The minimum absolute atomic E-state index is 0.0504. The number of ether oxygens (including phenoxy) is 1. The van der Waals surface area contributed by atoms with E-state index in [2.05, 4.69) is 10.6 Å². The van der Waals surface area contributed by atoms with Crippen molar-refractivity contribution in [1.29, 1.82) is 0 Å². The fraction of sp³-hybridized carbons (Fsp3) is 0.381. The van der Waals surface area contributed by atoms with Gasteiger partial charge in [0.25, 0.3) is 0 Å². The van der Waals surface area contributed by atoms with E-state index < -0.39 is 27.7 Å². The molecule has 0 aliphatic carbocycles. The molecule has 1 amide bonds. The molecule has 1 saturated heterocycles. The summed E-state index contributed by atoms with van der Waals surface area (Å²) in [4.78, 5) is 12.2. The Bertz CT molecular complexity index is 1070. The van der Waals surface area contributed by atoms with Gasteiger partial charge in [-0.1, -0.05) is 12.5 Å². The summed E-state index contributed by atoms with van der Waals surface area (Å²) < 4.78 is 71.2. The average Bonchev–Trinajstić information content (AvgIpc) is 2.78. The smallest absolute Gasteiger partial charge is 0.416 e. The minimum Gasteiger partial charge on any atom is -0.495 e. The molecule has 1 aliphatic rings. The highest BCUT2D eigenvalue weighted by molar-refractivity contribution is 7.89. The largest absolute Gasteiger partial charge is 0.495 e. The van der Waals surface area contributed by atoms with Crippen LogP contribution < -0.4 is 15.4 Å². The number of rotatable bonds is 7. The molecule has 0 atom stereocenters. The lowest BCUT2D eigenvalue weighted by molar-refractivity contribution is -0.137. The molecular formula is C21H24F3N3O4S. The van der Waals surface area contributed by atoms with Crippen molar-refractivity contribution < 1.29 is 31.1 Å². The van der Waals surface area contributed by atoms with Gasteiger partial charge in [-0.05, 0) is 49.2 Å². The molecule has 32 heavy (non-hydrogen) atoms. The molecule has 0 spiro atoms. The highest BCUT2D eigenvalue weighted by Gasteiger charge is 2.31. The van der Waals surface area contributed by atoms with Crippen molar-refractivity contribution in [2.75, 3.05) is 37.4 Å². The fourth-order valence-corrected chi connectivity index (χ4v) is 5.09. The van der Waals surface area contributed by atoms with Crippen molar-refractivity contribution in [1.82, 2.24) is 4.31 Å². The van der Waals surface area contributed by atoms with Crippen LogP contribution in [0.25, 0.3) is 0 Å². The van der Waals surface area contributed by atoms with Gasteiger partial charge in [-0.2, -0.15) is 17.5 Å². The monoisotopic (exact) mass is 471 g/mol. The first-order chi connectivity index (χ1) is 15.1. The fourth-order valence-electron chi connectivity index (χ4n) is 3.39. The molecule has 1 aliphatic heterocycles. The molecule has 1 heterocycles. The van der Waals surface area contributed by atoms with Gasteiger partial charge in [-0.15, -0.1) is 0 Å². The highest BCUT2D eigenvalue weighted by Crippen LogP contribution is 2.32. The van der Waals surface area contributed by atoms with Crippen molar-refractivity contribution in [3.8, 4) is 5.75 Å². The quantitative estimate of drug-likeness (QED) is 0.639. The van der Waals surface area contributed by atoms with Gasteiger partial charge in [0.1, 0.15) is 10.6 Å². The van der Waals surface area contributed by atoms with Crippen molar-refractivity contribution in [2.45, 2.75) is 30.3 Å². The zero-order chi connectivity index (χ0) is 23.4. The van der Waals surface area contributed by atoms with Crippen LogP contribution in [0.1, 0.15) is 24.8 Å². The minimum atomic E-state index is -4.49. The number of methoxy groups -OCH3 is 1. The molecule has 2 aromatic carbocycles. The van der Waals surface area contributed by atoms with Crippen LogP contribution in [0.3, 0.4) is 0 Å². The number of alkyl halides is 3.